The molecule has 1 heterocycles. The highest BCUT2D eigenvalue weighted by Crippen LogP contribution is 2.19. The molecule has 0 bridgehead atoms. The third-order valence-corrected chi connectivity index (χ3v) is 3.19. The van der Waals surface area contributed by atoms with Gasteiger partial charge in [-0.25, -0.2) is 4.98 Å². The first kappa shape index (κ1) is 15.0. The summed E-state index contributed by atoms with van der Waals surface area (Å²) in [5.41, 5.74) is 2.22. The van der Waals surface area contributed by atoms with Gasteiger partial charge >= 0.3 is 0 Å². The van der Waals surface area contributed by atoms with Crippen LogP contribution in [0.15, 0.2) is 24.5 Å². The van der Waals surface area contributed by atoms with Gasteiger partial charge in [0.05, 0.1) is 19.6 Å². The molecule has 2 aromatic rings. The second kappa shape index (κ2) is 6.88. The molecule has 0 spiro atoms. The van der Waals surface area contributed by atoms with Crippen molar-refractivity contribution in [1.82, 2.24) is 20.1 Å². The van der Waals surface area contributed by atoms with Gasteiger partial charge in [0.15, 0.2) is 0 Å². The molecule has 0 unspecified atom stereocenters. The highest BCUT2D eigenvalue weighted by Gasteiger charge is 2.11. The van der Waals surface area contributed by atoms with Gasteiger partial charge in [-0.2, -0.15) is 5.10 Å². The lowest BCUT2D eigenvalue weighted by molar-refractivity contribution is -0.131. The molecule has 0 aliphatic carbocycles. The summed E-state index contributed by atoms with van der Waals surface area (Å²) in [6.45, 7) is 4.79. The number of aryl methyl sites for hydroxylation is 2. The zero-order chi connectivity index (χ0) is 15.2. The average Bonchev–Trinajstić information content (AvgIpc) is 2.95. The lowest BCUT2D eigenvalue weighted by Crippen LogP contribution is -2.28. The van der Waals surface area contributed by atoms with Crippen molar-refractivity contribution < 1.29 is 9.53 Å². The van der Waals surface area contributed by atoms with E-state index in [-0.39, 0.29) is 5.91 Å². The van der Waals surface area contributed by atoms with Crippen molar-refractivity contribution in [1.29, 1.82) is 0 Å². The molecule has 1 N–H and O–H groups in total. The quantitative estimate of drug-likeness (QED) is 0.880. The normalized spacial score (nSPS) is 10.4. The van der Waals surface area contributed by atoms with Gasteiger partial charge in [-0.1, -0.05) is 12.1 Å². The molecule has 1 amide bonds. The van der Waals surface area contributed by atoms with Crippen LogP contribution in [-0.4, -0.2) is 39.6 Å². The van der Waals surface area contributed by atoms with E-state index in [0.29, 0.717) is 25.4 Å². The van der Waals surface area contributed by atoms with Crippen LogP contribution in [0.25, 0.3) is 0 Å². The Bertz CT molecular complexity index is 596. The number of amides is 1. The van der Waals surface area contributed by atoms with E-state index in [1.165, 1.54) is 6.33 Å². The predicted octanol–water partition coefficient (Wildman–Crippen LogP) is 1.85. The number of aromatic amines is 1. The van der Waals surface area contributed by atoms with Gasteiger partial charge in [0, 0.05) is 7.05 Å². The van der Waals surface area contributed by atoms with Crippen molar-refractivity contribution >= 4 is 5.91 Å². The van der Waals surface area contributed by atoms with Crippen LogP contribution in [0.3, 0.4) is 0 Å². The number of H-pyrrole nitrogens is 1. The standard InChI is InChI=1S/C15H20N4O2/c1-11-4-5-12(2)13(8-11)21-7-6-15(20)19(3)9-14-16-10-17-18-14/h4-5,8,10H,6-7,9H2,1-3H3,(H,16,17,18). The predicted molar refractivity (Wildman–Crippen MR) is 78.9 cm³/mol. The maximum atomic E-state index is 12.0. The Hall–Kier alpha value is -2.37. The molecule has 0 aliphatic rings. The topological polar surface area (TPSA) is 71.1 Å². The van der Waals surface area contributed by atoms with Crippen LogP contribution in [0.2, 0.25) is 0 Å². The number of benzene rings is 1. The minimum atomic E-state index is 0.0108. The first-order chi connectivity index (χ1) is 10.1. The minimum absolute atomic E-state index is 0.0108. The van der Waals surface area contributed by atoms with Crippen LogP contribution in [-0.2, 0) is 11.3 Å². The molecular formula is C15H20N4O2. The summed E-state index contributed by atoms with van der Waals surface area (Å²) >= 11 is 0. The van der Waals surface area contributed by atoms with E-state index in [0.717, 1.165) is 16.9 Å². The Labute approximate surface area is 124 Å². The Kier molecular flexibility index (Phi) is 4.92. The molecule has 0 aliphatic heterocycles. The third kappa shape index (κ3) is 4.30. The number of hydrogen-bond donors (Lipinski definition) is 1. The van der Waals surface area contributed by atoms with E-state index >= 15 is 0 Å². The first-order valence-electron chi connectivity index (χ1n) is 6.84. The van der Waals surface area contributed by atoms with Crippen LogP contribution in [0.5, 0.6) is 5.75 Å². The summed E-state index contributed by atoms with van der Waals surface area (Å²) in [6, 6.07) is 6.04. The van der Waals surface area contributed by atoms with Gasteiger partial charge in [0.25, 0.3) is 0 Å². The average molecular weight is 288 g/mol. The Morgan fingerprint density at radius 1 is 1.38 bits per heavy atom. The molecule has 21 heavy (non-hydrogen) atoms. The number of hydrogen-bond acceptors (Lipinski definition) is 4. The van der Waals surface area contributed by atoms with Crippen LogP contribution in [0.4, 0.5) is 0 Å². The zero-order valence-electron chi connectivity index (χ0n) is 12.6. The van der Waals surface area contributed by atoms with Crippen molar-refractivity contribution in [3.63, 3.8) is 0 Å². The molecule has 1 aromatic heterocycles. The number of nitrogens with one attached hydrogen (secondary N) is 1. The maximum Gasteiger partial charge on any atom is 0.226 e. The molecule has 0 atom stereocenters. The van der Waals surface area contributed by atoms with Crippen LogP contribution >= 0.6 is 0 Å². The number of carbonyl (C=O) groups is 1. The number of nitrogens with zero attached hydrogens (tertiary/aromatic N) is 3. The van der Waals surface area contributed by atoms with Crippen molar-refractivity contribution in [2.45, 2.75) is 26.8 Å². The summed E-state index contributed by atoms with van der Waals surface area (Å²) in [5.74, 6) is 1.51. The second-order valence-corrected chi connectivity index (χ2v) is 5.05. The van der Waals surface area contributed by atoms with Crippen LogP contribution < -0.4 is 4.74 Å². The third-order valence-electron chi connectivity index (χ3n) is 3.19. The van der Waals surface area contributed by atoms with Gasteiger partial charge < -0.3 is 9.64 Å². The monoisotopic (exact) mass is 288 g/mol. The van der Waals surface area contributed by atoms with E-state index < -0.39 is 0 Å². The summed E-state index contributed by atoms with van der Waals surface area (Å²) in [7, 11) is 1.74. The first-order valence-corrected chi connectivity index (χ1v) is 6.84. The van der Waals surface area contributed by atoms with E-state index in [2.05, 4.69) is 15.2 Å². The minimum Gasteiger partial charge on any atom is -0.493 e. The summed E-state index contributed by atoms with van der Waals surface area (Å²) in [6.07, 6.45) is 1.76. The van der Waals surface area contributed by atoms with Crippen molar-refractivity contribution in [3.8, 4) is 5.75 Å². The molecule has 6 nitrogen and oxygen atoms in total. The molecule has 6 heteroatoms. The number of ether oxygens (including phenoxy) is 1. The highest BCUT2D eigenvalue weighted by molar-refractivity contribution is 5.75. The molecule has 1 aromatic carbocycles. The zero-order valence-corrected chi connectivity index (χ0v) is 12.6. The largest absolute Gasteiger partial charge is 0.493 e. The second-order valence-electron chi connectivity index (χ2n) is 5.05. The summed E-state index contributed by atoms with van der Waals surface area (Å²) in [4.78, 5) is 17.6. The van der Waals surface area contributed by atoms with E-state index in [1.807, 2.05) is 32.0 Å². The smallest absolute Gasteiger partial charge is 0.226 e. The molecule has 0 saturated carbocycles. The number of aromatic nitrogens is 3. The SMILES string of the molecule is Cc1ccc(C)c(OCCC(=O)N(C)Cc2ncn[nH]2)c1. The fourth-order valence-electron chi connectivity index (χ4n) is 1.92. The highest BCUT2D eigenvalue weighted by atomic mass is 16.5. The number of rotatable bonds is 6. The Balaban J connectivity index is 1.80. The van der Waals surface area contributed by atoms with E-state index in [9.17, 15) is 4.79 Å². The molecular weight excluding hydrogens is 268 g/mol. The van der Waals surface area contributed by atoms with Gasteiger partial charge in [0.1, 0.15) is 17.9 Å². The lowest BCUT2D eigenvalue weighted by atomic mass is 10.1. The molecule has 0 saturated heterocycles. The van der Waals surface area contributed by atoms with E-state index in [4.69, 9.17) is 4.74 Å². The van der Waals surface area contributed by atoms with Crippen molar-refractivity contribution in [2.75, 3.05) is 13.7 Å². The molecule has 0 fully saturated rings. The van der Waals surface area contributed by atoms with Gasteiger partial charge in [-0.05, 0) is 31.0 Å². The van der Waals surface area contributed by atoms with Crippen LogP contribution in [0.1, 0.15) is 23.4 Å². The summed E-state index contributed by atoms with van der Waals surface area (Å²) < 4.78 is 5.69. The van der Waals surface area contributed by atoms with E-state index in [1.54, 1.807) is 11.9 Å². The van der Waals surface area contributed by atoms with Gasteiger partial charge in [0.2, 0.25) is 5.91 Å². The van der Waals surface area contributed by atoms with Crippen molar-refractivity contribution in [3.05, 3.63) is 41.5 Å². The number of carbonyl (C=O) groups excluding carboxylic acids is 1. The molecule has 0 radical (unpaired) electrons. The summed E-state index contributed by atoms with van der Waals surface area (Å²) in [5, 5.41) is 6.49. The fourth-order valence-corrected chi connectivity index (χ4v) is 1.92. The fraction of sp³-hybridized carbons (Fsp3) is 0.400. The Morgan fingerprint density at radius 2 is 2.19 bits per heavy atom. The Morgan fingerprint density at radius 3 is 2.90 bits per heavy atom. The van der Waals surface area contributed by atoms with Crippen LogP contribution in [0, 0.1) is 13.8 Å². The maximum absolute atomic E-state index is 12.0. The van der Waals surface area contributed by atoms with Gasteiger partial charge in [-0.3, -0.25) is 9.89 Å². The van der Waals surface area contributed by atoms with Crippen molar-refractivity contribution in [2.24, 2.45) is 0 Å². The lowest BCUT2D eigenvalue weighted by Gasteiger charge is -2.16. The van der Waals surface area contributed by atoms with Gasteiger partial charge in [-0.15, -0.1) is 0 Å². The molecule has 2 rings (SSSR count). The molecule has 112 valence electrons.